The third kappa shape index (κ3) is 4.63. The fraction of sp³-hybridized carbons (Fsp3) is 0.333. The van der Waals surface area contributed by atoms with Crippen molar-refractivity contribution in [1.82, 2.24) is 10.2 Å². The smallest absolute Gasteiger partial charge is 0.257 e. The molecule has 0 fully saturated rings. The molecule has 2 rings (SSSR count). The predicted octanol–water partition coefficient (Wildman–Crippen LogP) is 3.09. The molecule has 0 bridgehead atoms. The molecule has 1 heterocycles. The van der Waals surface area contributed by atoms with Crippen LogP contribution in [0.1, 0.15) is 42.1 Å². The molecule has 0 aliphatic heterocycles. The molecule has 0 aliphatic rings. The Balaban J connectivity index is 2.02. The van der Waals surface area contributed by atoms with E-state index in [2.05, 4.69) is 27.8 Å². The number of aromatic nitrogens is 2. The highest BCUT2D eigenvalue weighted by atomic mass is 32.1. The summed E-state index contributed by atoms with van der Waals surface area (Å²) in [7, 11) is 0. The van der Waals surface area contributed by atoms with Crippen LogP contribution >= 0.6 is 11.3 Å². The summed E-state index contributed by atoms with van der Waals surface area (Å²) in [5.41, 5.74) is 1.04. The molecule has 2 amide bonds. The quantitative estimate of drug-likeness (QED) is 0.857. The van der Waals surface area contributed by atoms with E-state index in [1.54, 1.807) is 24.3 Å². The summed E-state index contributed by atoms with van der Waals surface area (Å²) in [5, 5.41) is 14.8. The van der Waals surface area contributed by atoms with Crippen LogP contribution in [0.3, 0.4) is 0 Å². The van der Waals surface area contributed by atoms with Gasteiger partial charge >= 0.3 is 0 Å². The van der Waals surface area contributed by atoms with Crippen molar-refractivity contribution >= 4 is 34.0 Å². The molecule has 0 aliphatic carbocycles. The van der Waals surface area contributed by atoms with E-state index < -0.39 is 0 Å². The average molecular weight is 318 g/mol. The lowest BCUT2D eigenvalue weighted by molar-refractivity contribution is -0.114. The minimum atomic E-state index is -0.273. The van der Waals surface area contributed by atoms with Crippen LogP contribution in [0.15, 0.2) is 24.3 Å². The normalized spacial score (nSPS) is 10.3. The molecule has 0 spiro atoms. The first-order valence-electron chi connectivity index (χ1n) is 7.10. The number of benzene rings is 1. The van der Waals surface area contributed by atoms with Gasteiger partial charge in [0, 0.05) is 24.6 Å². The summed E-state index contributed by atoms with van der Waals surface area (Å²) >= 11 is 1.39. The van der Waals surface area contributed by atoms with Gasteiger partial charge in [0.05, 0.1) is 0 Å². The molecule has 6 nitrogen and oxygen atoms in total. The van der Waals surface area contributed by atoms with Crippen LogP contribution in [0.25, 0.3) is 0 Å². The predicted molar refractivity (Wildman–Crippen MR) is 87.2 cm³/mol. The van der Waals surface area contributed by atoms with Crippen molar-refractivity contribution in [1.29, 1.82) is 0 Å². The molecular formula is C15H18N4O2S. The lowest BCUT2D eigenvalue weighted by atomic mass is 10.2. The van der Waals surface area contributed by atoms with Gasteiger partial charge in [0.1, 0.15) is 5.01 Å². The Kier molecular flexibility index (Phi) is 5.60. The minimum Gasteiger partial charge on any atom is -0.326 e. The first kappa shape index (κ1) is 16.1. The molecule has 1 aromatic carbocycles. The molecule has 0 saturated heterocycles. The number of aryl methyl sites for hydroxylation is 1. The van der Waals surface area contributed by atoms with Gasteiger partial charge < -0.3 is 5.32 Å². The van der Waals surface area contributed by atoms with Crippen molar-refractivity contribution in [3.05, 3.63) is 34.8 Å². The van der Waals surface area contributed by atoms with Crippen LogP contribution < -0.4 is 10.6 Å². The summed E-state index contributed by atoms with van der Waals surface area (Å²) in [6, 6.07) is 6.74. The minimum absolute atomic E-state index is 0.178. The van der Waals surface area contributed by atoms with E-state index in [1.165, 1.54) is 18.3 Å². The van der Waals surface area contributed by atoms with Gasteiger partial charge in [-0.15, -0.1) is 10.2 Å². The van der Waals surface area contributed by atoms with Gasteiger partial charge in [-0.3, -0.25) is 14.9 Å². The first-order chi connectivity index (χ1) is 10.6. The summed E-state index contributed by atoms with van der Waals surface area (Å²) < 4.78 is 0. The van der Waals surface area contributed by atoms with E-state index in [1.807, 2.05) is 0 Å². The SMILES string of the molecule is CCCCc1nnc(NC(=O)c2cccc(NC(C)=O)c2)s1. The zero-order valence-electron chi connectivity index (χ0n) is 12.5. The maximum Gasteiger partial charge on any atom is 0.257 e. The number of rotatable bonds is 6. The van der Waals surface area contributed by atoms with Crippen molar-refractivity contribution < 1.29 is 9.59 Å². The van der Waals surface area contributed by atoms with Gasteiger partial charge in [0.15, 0.2) is 0 Å². The van der Waals surface area contributed by atoms with Gasteiger partial charge in [0.2, 0.25) is 11.0 Å². The first-order valence-corrected chi connectivity index (χ1v) is 7.91. The molecule has 7 heteroatoms. The zero-order chi connectivity index (χ0) is 15.9. The van der Waals surface area contributed by atoms with E-state index >= 15 is 0 Å². The fourth-order valence-corrected chi connectivity index (χ4v) is 2.62. The van der Waals surface area contributed by atoms with Crippen LogP contribution in [-0.4, -0.2) is 22.0 Å². The molecule has 2 N–H and O–H groups in total. The molecule has 0 radical (unpaired) electrons. The number of hydrogen-bond donors (Lipinski definition) is 2. The number of unbranched alkanes of at least 4 members (excludes halogenated alkanes) is 1. The number of carbonyl (C=O) groups is 2. The maximum atomic E-state index is 12.2. The monoisotopic (exact) mass is 318 g/mol. The van der Waals surface area contributed by atoms with E-state index in [0.717, 1.165) is 24.3 Å². The molecule has 116 valence electrons. The van der Waals surface area contributed by atoms with Gasteiger partial charge in [0.25, 0.3) is 5.91 Å². The van der Waals surface area contributed by atoms with Crippen LogP contribution in [0, 0.1) is 0 Å². The number of amides is 2. The molecule has 0 atom stereocenters. The Morgan fingerprint density at radius 2 is 2.05 bits per heavy atom. The van der Waals surface area contributed by atoms with Gasteiger partial charge in [-0.2, -0.15) is 0 Å². The molecule has 2 aromatic rings. The van der Waals surface area contributed by atoms with Gasteiger partial charge in [-0.05, 0) is 24.6 Å². The van der Waals surface area contributed by atoms with Crippen LogP contribution in [0.5, 0.6) is 0 Å². The zero-order valence-corrected chi connectivity index (χ0v) is 13.4. The largest absolute Gasteiger partial charge is 0.326 e. The lowest BCUT2D eigenvalue weighted by Crippen LogP contribution is -2.13. The van der Waals surface area contributed by atoms with Crippen LogP contribution in [0.4, 0.5) is 10.8 Å². The summed E-state index contributed by atoms with van der Waals surface area (Å²) in [4.78, 5) is 23.2. The molecule has 0 saturated carbocycles. The van der Waals surface area contributed by atoms with E-state index in [4.69, 9.17) is 0 Å². The average Bonchev–Trinajstić information content (AvgIpc) is 2.92. The van der Waals surface area contributed by atoms with Crippen molar-refractivity contribution in [2.24, 2.45) is 0 Å². The maximum absolute atomic E-state index is 12.2. The Bertz CT molecular complexity index is 669. The number of carbonyl (C=O) groups excluding carboxylic acids is 2. The van der Waals surface area contributed by atoms with Crippen LogP contribution in [-0.2, 0) is 11.2 Å². The van der Waals surface area contributed by atoms with Gasteiger partial charge in [-0.1, -0.05) is 30.7 Å². The van der Waals surface area contributed by atoms with Crippen molar-refractivity contribution in [3.8, 4) is 0 Å². The number of nitrogens with zero attached hydrogens (tertiary/aromatic N) is 2. The Morgan fingerprint density at radius 1 is 1.23 bits per heavy atom. The molecule has 1 aromatic heterocycles. The Morgan fingerprint density at radius 3 is 2.77 bits per heavy atom. The third-order valence-electron chi connectivity index (χ3n) is 2.88. The van der Waals surface area contributed by atoms with Crippen molar-refractivity contribution in [2.75, 3.05) is 10.6 Å². The summed E-state index contributed by atoms with van der Waals surface area (Å²) in [5.74, 6) is -0.451. The molecule has 22 heavy (non-hydrogen) atoms. The molecule has 0 unspecified atom stereocenters. The van der Waals surface area contributed by atoms with Crippen LogP contribution in [0.2, 0.25) is 0 Å². The van der Waals surface area contributed by atoms with Crippen molar-refractivity contribution in [3.63, 3.8) is 0 Å². The van der Waals surface area contributed by atoms with E-state index in [9.17, 15) is 9.59 Å². The second-order valence-electron chi connectivity index (χ2n) is 4.82. The second-order valence-corrected chi connectivity index (χ2v) is 5.88. The van der Waals surface area contributed by atoms with Crippen molar-refractivity contribution in [2.45, 2.75) is 33.1 Å². The Labute approximate surface area is 133 Å². The Hall–Kier alpha value is -2.28. The van der Waals surface area contributed by atoms with E-state index in [0.29, 0.717) is 16.4 Å². The fourth-order valence-electron chi connectivity index (χ4n) is 1.84. The standard InChI is InChI=1S/C15H18N4O2S/c1-3-4-8-13-18-19-15(22-13)17-14(21)11-6-5-7-12(9-11)16-10(2)20/h5-7,9H,3-4,8H2,1-2H3,(H,16,20)(H,17,19,21). The highest BCUT2D eigenvalue weighted by Crippen LogP contribution is 2.19. The lowest BCUT2D eigenvalue weighted by Gasteiger charge is -2.05. The third-order valence-corrected chi connectivity index (χ3v) is 3.78. The topological polar surface area (TPSA) is 84.0 Å². The van der Waals surface area contributed by atoms with Gasteiger partial charge in [-0.25, -0.2) is 0 Å². The second kappa shape index (κ2) is 7.65. The number of hydrogen-bond acceptors (Lipinski definition) is 5. The summed E-state index contributed by atoms with van der Waals surface area (Å²) in [6.45, 7) is 3.54. The van der Waals surface area contributed by atoms with E-state index in [-0.39, 0.29) is 11.8 Å². The number of nitrogens with one attached hydrogen (secondary N) is 2. The highest BCUT2D eigenvalue weighted by Gasteiger charge is 2.11. The summed E-state index contributed by atoms with van der Waals surface area (Å²) in [6.07, 6.45) is 3.03. The number of anilines is 2. The molecular weight excluding hydrogens is 300 g/mol. The highest BCUT2D eigenvalue weighted by molar-refractivity contribution is 7.15.